The van der Waals surface area contributed by atoms with E-state index in [2.05, 4.69) is 20.1 Å². The molecule has 0 bridgehead atoms. The number of halogens is 6. The molecule has 194 valence electrons. The summed E-state index contributed by atoms with van der Waals surface area (Å²) in [4.78, 5) is 21.5. The fourth-order valence-electron chi connectivity index (χ4n) is 4.16. The molecule has 6 nitrogen and oxygen atoms in total. The lowest BCUT2D eigenvalue weighted by atomic mass is 10.1. The highest BCUT2D eigenvalue weighted by Gasteiger charge is 2.32. The monoisotopic (exact) mass is 513 g/mol. The first-order valence-electron chi connectivity index (χ1n) is 11.4. The van der Waals surface area contributed by atoms with Crippen LogP contribution in [0.25, 0.3) is 11.0 Å². The van der Waals surface area contributed by atoms with Crippen molar-refractivity contribution in [1.29, 1.82) is 0 Å². The number of alkyl halides is 6. The van der Waals surface area contributed by atoms with Crippen LogP contribution in [0.3, 0.4) is 0 Å². The molecule has 1 N–H and O–H groups in total. The van der Waals surface area contributed by atoms with Crippen molar-refractivity contribution >= 4 is 22.9 Å². The van der Waals surface area contributed by atoms with Crippen LogP contribution in [0.5, 0.6) is 0 Å². The number of rotatable bonds is 6. The van der Waals surface area contributed by atoms with Crippen LogP contribution in [0.4, 0.5) is 32.3 Å². The van der Waals surface area contributed by atoms with Crippen molar-refractivity contribution in [3.8, 4) is 0 Å². The largest absolute Gasteiger partial charge is 0.416 e. The number of hydrogen-bond acceptors (Lipinski definition) is 4. The van der Waals surface area contributed by atoms with Gasteiger partial charge < -0.3 is 14.4 Å². The highest BCUT2D eigenvalue weighted by atomic mass is 19.4. The molecule has 0 atom stereocenters. The Bertz CT molecular complexity index is 1230. The molecule has 1 amide bonds. The molecule has 0 saturated carbocycles. The number of benzene rings is 2. The van der Waals surface area contributed by atoms with E-state index in [-0.39, 0.29) is 17.0 Å². The molecule has 36 heavy (non-hydrogen) atoms. The summed E-state index contributed by atoms with van der Waals surface area (Å²) in [5, 5.41) is 2.49. The van der Waals surface area contributed by atoms with E-state index in [1.807, 2.05) is 7.05 Å². The molecule has 2 aromatic carbocycles. The van der Waals surface area contributed by atoms with Crippen molar-refractivity contribution < 1.29 is 31.1 Å². The first-order valence-corrected chi connectivity index (χ1v) is 11.4. The molecular weight excluding hydrogens is 488 g/mol. The maximum atomic E-state index is 13.2. The minimum Gasteiger partial charge on any atom is -0.310 e. The van der Waals surface area contributed by atoms with Crippen LogP contribution in [-0.4, -0.2) is 65.0 Å². The molecule has 0 spiro atoms. The number of anilines is 1. The van der Waals surface area contributed by atoms with Crippen molar-refractivity contribution in [3.63, 3.8) is 0 Å². The Kier molecular flexibility index (Phi) is 7.28. The lowest BCUT2D eigenvalue weighted by molar-refractivity contribution is -0.138. The number of carbonyl (C=O) groups excluding carboxylic acids is 1. The van der Waals surface area contributed by atoms with Crippen molar-refractivity contribution in [3.05, 3.63) is 59.2 Å². The number of aromatic nitrogens is 2. The Hall–Kier alpha value is -3.12. The summed E-state index contributed by atoms with van der Waals surface area (Å²) in [6.45, 7) is 4.77. The Morgan fingerprint density at radius 2 is 1.58 bits per heavy atom. The number of piperazine rings is 1. The summed E-state index contributed by atoms with van der Waals surface area (Å²) in [6, 6.07) is 7.05. The van der Waals surface area contributed by atoms with E-state index in [0.29, 0.717) is 18.5 Å². The second-order valence-electron chi connectivity index (χ2n) is 8.82. The number of carbonyl (C=O) groups is 1. The van der Waals surface area contributed by atoms with Crippen molar-refractivity contribution in [1.82, 2.24) is 19.4 Å². The van der Waals surface area contributed by atoms with Gasteiger partial charge in [0.05, 0.1) is 22.2 Å². The highest BCUT2D eigenvalue weighted by Crippen LogP contribution is 2.33. The first-order chi connectivity index (χ1) is 16.9. The van der Waals surface area contributed by atoms with E-state index in [9.17, 15) is 31.1 Å². The average molecular weight is 513 g/mol. The third-order valence-corrected chi connectivity index (χ3v) is 6.20. The summed E-state index contributed by atoms with van der Waals surface area (Å²) in [5.41, 5.74) is -1.68. The molecule has 0 aliphatic carbocycles. The first kappa shape index (κ1) is 26.0. The van der Waals surface area contributed by atoms with Crippen molar-refractivity contribution in [2.24, 2.45) is 0 Å². The molecule has 12 heteroatoms. The number of hydrogen-bond donors (Lipinski definition) is 1. The molecule has 1 aliphatic rings. The van der Waals surface area contributed by atoms with Crippen molar-refractivity contribution in [2.45, 2.75) is 25.3 Å². The zero-order valence-electron chi connectivity index (χ0n) is 19.5. The topological polar surface area (TPSA) is 53.4 Å². The summed E-state index contributed by atoms with van der Waals surface area (Å²) < 4.78 is 80.4. The smallest absolute Gasteiger partial charge is 0.310 e. The van der Waals surface area contributed by atoms with E-state index >= 15 is 0 Å². The number of aryl methyl sites for hydroxylation is 1. The van der Waals surface area contributed by atoms with Gasteiger partial charge in [0, 0.05) is 38.3 Å². The molecule has 4 rings (SSSR count). The second-order valence-corrected chi connectivity index (χ2v) is 8.82. The van der Waals surface area contributed by atoms with Gasteiger partial charge in [0.2, 0.25) is 5.95 Å². The van der Waals surface area contributed by atoms with Crippen LogP contribution in [0, 0.1) is 0 Å². The van der Waals surface area contributed by atoms with Gasteiger partial charge in [-0.05, 0) is 56.4 Å². The van der Waals surface area contributed by atoms with E-state index in [1.165, 1.54) is 12.1 Å². The van der Waals surface area contributed by atoms with Gasteiger partial charge in [-0.1, -0.05) is 6.07 Å². The van der Waals surface area contributed by atoms with Crippen LogP contribution >= 0.6 is 0 Å². The summed E-state index contributed by atoms with van der Waals surface area (Å²) in [5.74, 6) is -0.863. The number of amides is 1. The lowest BCUT2D eigenvalue weighted by Gasteiger charge is -2.32. The minimum absolute atomic E-state index is 0.0230. The lowest BCUT2D eigenvalue weighted by Crippen LogP contribution is -2.44. The normalized spacial score (nSPS) is 16.0. The van der Waals surface area contributed by atoms with Gasteiger partial charge in [0.25, 0.3) is 5.91 Å². The maximum Gasteiger partial charge on any atom is 0.416 e. The fraction of sp³-hybridized carbons (Fsp3) is 0.417. The van der Waals surface area contributed by atoms with Gasteiger partial charge >= 0.3 is 12.4 Å². The van der Waals surface area contributed by atoms with Crippen molar-refractivity contribution in [2.75, 3.05) is 45.1 Å². The Morgan fingerprint density at radius 1 is 0.917 bits per heavy atom. The molecule has 0 radical (unpaired) electrons. The number of nitrogens with one attached hydrogen (secondary N) is 1. The van der Waals surface area contributed by atoms with Gasteiger partial charge in [-0.15, -0.1) is 0 Å². The van der Waals surface area contributed by atoms with Crippen LogP contribution in [0.2, 0.25) is 0 Å². The Labute approximate surface area is 203 Å². The van der Waals surface area contributed by atoms with E-state index < -0.39 is 29.4 Å². The number of imidazole rings is 1. The summed E-state index contributed by atoms with van der Waals surface area (Å²) >= 11 is 0. The second kappa shape index (κ2) is 10.1. The molecule has 0 unspecified atom stereocenters. The van der Waals surface area contributed by atoms with Gasteiger partial charge in [0.1, 0.15) is 0 Å². The molecule has 1 saturated heterocycles. The zero-order valence-corrected chi connectivity index (χ0v) is 19.5. The number of fused-ring (bicyclic) bond motifs is 1. The minimum atomic E-state index is -4.62. The highest BCUT2D eigenvalue weighted by molar-refractivity contribution is 6.04. The average Bonchev–Trinajstić information content (AvgIpc) is 3.15. The van der Waals surface area contributed by atoms with E-state index in [0.717, 1.165) is 63.1 Å². The summed E-state index contributed by atoms with van der Waals surface area (Å²) in [6.07, 6.45) is -8.55. The summed E-state index contributed by atoms with van der Waals surface area (Å²) in [7, 11) is 2.05. The van der Waals surface area contributed by atoms with Crippen LogP contribution in [-0.2, 0) is 18.9 Å². The van der Waals surface area contributed by atoms with Crippen LogP contribution < -0.4 is 5.32 Å². The predicted molar refractivity (Wildman–Crippen MR) is 123 cm³/mol. The Morgan fingerprint density at radius 3 is 2.25 bits per heavy atom. The molecular formula is C24H25F6N5O. The predicted octanol–water partition coefficient (Wildman–Crippen LogP) is 4.96. The number of likely N-dealkylation sites (N-methyl/N-ethyl adjacent to an activating group) is 1. The van der Waals surface area contributed by atoms with Gasteiger partial charge in [-0.2, -0.15) is 26.3 Å². The van der Waals surface area contributed by atoms with E-state index in [4.69, 9.17) is 0 Å². The maximum absolute atomic E-state index is 13.2. The van der Waals surface area contributed by atoms with E-state index in [1.54, 1.807) is 4.57 Å². The third-order valence-electron chi connectivity index (χ3n) is 6.20. The molecule has 1 aliphatic heterocycles. The van der Waals surface area contributed by atoms with Gasteiger partial charge in [-0.3, -0.25) is 10.1 Å². The number of nitrogens with zero attached hydrogens (tertiary/aromatic N) is 4. The molecule has 1 aromatic heterocycles. The molecule has 3 aromatic rings. The zero-order chi connectivity index (χ0) is 26.1. The van der Waals surface area contributed by atoms with Gasteiger partial charge in [0.15, 0.2) is 0 Å². The molecule has 2 heterocycles. The standard InChI is InChI=1S/C24H25F6N5O/c1-33-10-12-34(13-11-33)8-3-9-35-20-7-6-18(24(28,29)30)15-19(20)31-22(35)32-21(36)16-4-2-5-17(14-16)23(25,26)27/h2,4-7,14-15H,3,8-13H2,1H3,(H,31,32,36). The quantitative estimate of drug-likeness (QED) is 0.474. The fourth-order valence-corrected chi connectivity index (χ4v) is 4.16. The van der Waals surface area contributed by atoms with Crippen LogP contribution in [0.15, 0.2) is 42.5 Å². The van der Waals surface area contributed by atoms with Crippen LogP contribution in [0.1, 0.15) is 27.9 Å². The SMILES string of the molecule is CN1CCN(CCCn2c(NC(=O)c3cccc(C(F)(F)F)c3)nc3cc(C(F)(F)F)ccc32)CC1. The molecule has 1 fully saturated rings. The Balaban J connectivity index is 1.59. The van der Waals surface area contributed by atoms with Gasteiger partial charge in [-0.25, -0.2) is 4.98 Å². The third kappa shape index (κ3) is 5.98.